The summed E-state index contributed by atoms with van der Waals surface area (Å²) in [7, 11) is -4.18. The number of benzene rings is 1. The Bertz CT molecular complexity index is 868. The summed E-state index contributed by atoms with van der Waals surface area (Å²) in [6, 6.07) is 5.52. The second-order valence-electron chi connectivity index (χ2n) is 5.36. The van der Waals surface area contributed by atoms with Crippen LogP contribution in [0.1, 0.15) is 18.3 Å². The highest BCUT2D eigenvalue weighted by Crippen LogP contribution is 2.13. The van der Waals surface area contributed by atoms with Crippen LogP contribution in [0.2, 0.25) is 0 Å². The minimum atomic E-state index is -4.18. The number of nitrogens with one attached hydrogen (secondary N) is 3. The van der Waals surface area contributed by atoms with E-state index in [-0.39, 0.29) is 5.95 Å². The predicted octanol–water partition coefficient (Wildman–Crippen LogP) is 1.04. The Kier molecular flexibility index (Phi) is 5.65. The molecule has 0 radical (unpaired) electrons. The number of rotatable bonds is 6. The first-order valence-corrected chi connectivity index (χ1v) is 8.82. The molecule has 1 atom stereocenters. The summed E-state index contributed by atoms with van der Waals surface area (Å²) in [5.41, 5.74) is 6.23. The highest BCUT2D eigenvalue weighted by atomic mass is 32.2. The van der Waals surface area contributed by atoms with Gasteiger partial charge in [0.05, 0.1) is 6.04 Å². The molecule has 0 fully saturated rings. The molecular weight excluding hydrogens is 349 g/mol. The van der Waals surface area contributed by atoms with Crippen molar-refractivity contribution in [2.45, 2.75) is 31.7 Å². The van der Waals surface area contributed by atoms with Gasteiger partial charge in [0, 0.05) is 11.4 Å². The van der Waals surface area contributed by atoms with E-state index < -0.39 is 32.7 Å². The molecule has 3 N–H and O–H groups in total. The first kappa shape index (κ1) is 18.7. The van der Waals surface area contributed by atoms with Crippen molar-refractivity contribution in [3.63, 3.8) is 0 Å². The second kappa shape index (κ2) is 7.53. The molecule has 10 heteroatoms. The Morgan fingerprint density at radius 1 is 1.16 bits per heavy atom. The molecule has 1 aromatic carbocycles. The lowest BCUT2D eigenvalue weighted by atomic mass is 10.3. The van der Waals surface area contributed by atoms with Crippen LogP contribution in [-0.2, 0) is 14.8 Å². The quantitative estimate of drug-likeness (QED) is 0.658. The fourth-order valence-electron chi connectivity index (χ4n) is 2.02. The molecular formula is C15H18FN5O3S. The number of amides is 1. The van der Waals surface area contributed by atoms with Crippen LogP contribution in [0.5, 0.6) is 0 Å². The third-order valence-corrected chi connectivity index (χ3v) is 4.71. The van der Waals surface area contributed by atoms with Crippen LogP contribution < -0.4 is 15.6 Å². The molecule has 2 rings (SSSR count). The van der Waals surface area contributed by atoms with Gasteiger partial charge in [-0.1, -0.05) is 12.1 Å². The summed E-state index contributed by atoms with van der Waals surface area (Å²) in [5, 5.41) is 0. The molecule has 8 nitrogen and oxygen atoms in total. The van der Waals surface area contributed by atoms with E-state index in [1.165, 1.54) is 19.1 Å². The summed E-state index contributed by atoms with van der Waals surface area (Å²) in [5.74, 6) is -1.40. The topological polar surface area (TPSA) is 113 Å². The monoisotopic (exact) mass is 367 g/mol. The SMILES string of the molecule is Cc1cc(C)nc(NNC(=O)[C@H](C)NS(=O)(=O)c2ccccc2F)n1. The number of halogens is 1. The highest BCUT2D eigenvalue weighted by molar-refractivity contribution is 7.89. The lowest BCUT2D eigenvalue weighted by molar-refractivity contribution is -0.121. The van der Waals surface area contributed by atoms with Gasteiger partial charge in [0.15, 0.2) is 0 Å². The van der Waals surface area contributed by atoms with E-state index in [0.29, 0.717) is 11.4 Å². The molecule has 0 unspecified atom stereocenters. The Hall–Kier alpha value is -2.59. The zero-order chi connectivity index (χ0) is 18.6. The van der Waals surface area contributed by atoms with Crippen molar-refractivity contribution in [3.05, 3.63) is 47.5 Å². The van der Waals surface area contributed by atoms with Gasteiger partial charge in [-0.25, -0.2) is 22.8 Å². The Morgan fingerprint density at radius 3 is 2.36 bits per heavy atom. The molecule has 0 saturated carbocycles. The van der Waals surface area contributed by atoms with E-state index in [9.17, 15) is 17.6 Å². The van der Waals surface area contributed by atoms with Crippen LogP contribution in [-0.4, -0.2) is 30.3 Å². The molecule has 134 valence electrons. The number of sulfonamides is 1. The highest BCUT2D eigenvalue weighted by Gasteiger charge is 2.24. The average molecular weight is 367 g/mol. The largest absolute Gasteiger partial charge is 0.271 e. The van der Waals surface area contributed by atoms with Gasteiger partial charge in [-0.15, -0.1) is 0 Å². The van der Waals surface area contributed by atoms with E-state index in [1.54, 1.807) is 19.9 Å². The number of carbonyl (C=O) groups excluding carboxylic acids is 1. The molecule has 0 aliphatic heterocycles. The molecule has 2 aromatic rings. The molecule has 25 heavy (non-hydrogen) atoms. The second-order valence-corrected chi connectivity index (χ2v) is 7.04. The number of hydrazine groups is 1. The summed E-state index contributed by atoms with van der Waals surface area (Å²) in [4.78, 5) is 19.7. The lowest BCUT2D eigenvalue weighted by Gasteiger charge is -2.15. The number of hydrogen-bond acceptors (Lipinski definition) is 6. The molecule has 1 aromatic heterocycles. The maximum atomic E-state index is 13.6. The minimum absolute atomic E-state index is 0.176. The fourth-order valence-corrected chi connectivity index (χ4v) is 3.30. The molecule has 0 aliphatic carbocycles. The van der Waals surface area contributed by atoms with Gasteiger partial charge in [-0.05, 0) is 39.0 Å². The van der Waals surface area contributed by atoms with E-state index in [4.69, 9.17) is 0 Å². The van der Waals surface area contributed by atoms with E-state index in [0.717, 1.165) is 12.1 Å². The minimum Gasteiger partial charge on any atom is -0.271 e. The Morgan fingerprint density at radius 2 is 1.76 bits per heavy atom. The molecule has 0 aliphatic rings. The maximum absolute atomic E-state index is 13.6. The van der Waals surface area contributed by atoms with Crippen molar-refractivity contribution in [3.8, 4) is 0 Å². The fraction of sp³-hybridized carbons (Fsp3) is 0.267. The standard InChI is InChI=1S/C15H18FN5O3S/c1-9-8-10(2)18-15(17-9)20-19-14(22)11(3)21-25(23,24)13-7-5-4-6-12(13)16/h4-8,11,21H,1-3H3,(H,19,22)(H,17,18,20)/t11-/m0/s1. The average Bonchev–Trinajstić information content (AvgIpc) is 2.51. The van der Waals surface area contributed by atoms with Gasteiger partial charge in [-0.2, -0.15) is 4.72 Å². The van der Waals surface area contributed by atoms with Crippen molar-refractivity contribution in [1.29, 1.82) is 0 Å². The van der Waals surface area contributed by atoms with Gasteiger partial charge in [-0.3, -0.25) is 15.6 Å². The Balaban J connectivity index is 2.01. The molecule has 0 saturated heterocycles. The van der Waals surface area contributed by atoms with Crippen LogP contribution in [0.15, 0.2) is 35.2 Å². The number of aryl methyl sites for hydroxylation is 2. The zero-order valence-electron chi connectivity index (χ0n) is 13.9. The van der Waals surface area contributed by atoms with E-state index in [1.807, 2.05) is 0 Å². The van der Waals surface area contributed by atoms with Gasteiger partial charge < -0.3 is 0 Å². The van der Waals surface area contributed by atoms with Crippen LogP contribution >= 0.6 is 0 Å². The van der Waals surface area contributed by atoms with Crippen LogP contribution in [0.4, 0.5) is 10.3 Å². The first-order valence-electron chi connectivity index (χ1n) is 7.34. The number of anilines is 1. The smallest absolute Gasteiger partial charge is 0.256 e. The van der Waals surface area contributed by atoms with Gasteiger partial charge in [0.1, 0.15) is 10.7 Å². The normalized spacial score (nSPS) is 12.5. The summed E-state index contributed by atoms with van der Waals surface area (Å²) < 4.78 is 40.1. The molecule has 1 heterocycles. The van der Waals surface area contributed by atoms with Gasteiger partial charge in [0.25, 0.3) is 5.91 Å². The molecule has 1 amide bonds. The van der Waals surface area contributed by atoms with E-state index in [2.05, 4.69) is 25.5 Å². The predicted molar refractivity (Wildman–Crippen MR) is 89.5 cm³/mol. The van der Waals surface area contributed by atoms with Gasteiger partial charge >= 0.3 is 0 Å². The number of nitrogens with zero attached hydrogens (tertiary/aromatic N) is 2. The first-order chi connectivity index (χ1) is 11.7. The third kappa shape index (κ3) is 4.94. The van der Waals surface area contributed by atoms with E-state index >= 15 is 0 Å². The van der Waals surface area contributed by atoms with Crippen molar-refractivity contribution < 1.29 is 17.6 Å². The number of aromatic nitrogens is 2. The van der Waals surface area contributed by atoms with Crippen LogP contribution in [0, 0.1) is 19.7 Å². The number of carbonyl (C=O) groups is 1. The van der Waals surface area contributed by atoms with Gasteiger partial charge in [0.2, 0.25) is 16.0 Å². The molecule has 0 bridgehead atoms. The van der Waals surface area contributed by atoms with Crippen molar-refractivity contribution >= 4 is 21.9 Å². The molecule has 0 spiro atoms. The lowest BCUT2D eigenvalue weighted by Crippen LogP contribution is -2.46. The summed E-state index contributed by atoms with van der Waals surface area (Å²) >= 11 is 0. The Labute approximate surface area is 144 Å². The number of hydrogen-bond donors (Lipinski definition) is 3. The van der Waals surface area contributed by atoms with Crippen LogP contribution in [0.25, 0.3) is 0 Å². The summed E-state index contributed by atoms with van der Waals surface area (Å²) in [6.45, 7) is 4.87. The summed E-state index contributed by atoms with van der Waals surface area (Å²) in [6.07, 6.45) is 0. The van der Waals surface area contributed by atoms with Crippen molar-refractivity contribution in [2.75, 3.05) is 5.43 Å². The third-order valence-electron chi connectivity index (χ3n) is 3.13. The zero-order valence-corrected chi connectivity index (χ0v) is 14.7. The van der Waals surface area contributed by atoms with Crippen LogP contribution in [0.3, 0.4) is 0 Å². The maximum Gasteiger partial charge on any atom is 0.256 e. The van der Waals surface area contributed by atoms with Crippen molar-refractivity contribution in [1.82, 2.24) is 20.1 Å². The van der Waals surface area contributed by atoms with Crippen molar-refractivity contribution in [2.24, 2.45) is 0 Å².